The zero-order chi connectivity index (χ0) is 27.6. The standard InChI is InChI=1S/C28H36N10O2/c1-3-35-8-10-36(11-9-35)21-5-4-19(2)23(16-21)32-28(39)38-7-6-22-24(20-17-30-26(29)31-18-20)33-27(34-25(22)38)37-12-14-40-15-13-37/h4-5,16-18H,3,6-15H2,1-2H3,(H,32,39)(H2,29,30,31). The molecule has 0 saturated carbocycles. The van der Waals surface area contributed by atoms with Crippen molar-refractivity contribution >= 4 is 35.1 Å². The quantitative estimate of drug-likeness (QED) is 0.494. The average molecular weight is 545 g/mol. The van der Waals surface area contributed by atoms with E-state index in [-0.39, 0.29) is 12.0 Å². The minimum Gasteiger partial charge on any atom is -0.378 e. The van der Waals surface area contributed by atoms with Crippen LogP contribution in [0, 0.1) is 6.92 Å². The van der Waals surface area contributed by atoms with E-state index < -0.39 is 0 Å². The Morgan fingerprint density at radius 2 is 1.75 bits per heavy atom. The Hall–Kier alpha value is -4.03. The van der Waals surface area contributed by atoms with Crippen LogP contribution in [-0.2, 0) is 11.2 Å². The van der Waals surface area contributed by atoms with Gasteiger partial charge in [0.05, 0.1) is 18.9 Å². The van der Waals surface area contributed by atoms with E-state index in [1.807, 2.05) is 6.92 Å². The number of benzene rings is 1. The summed E-state index contributed by atoms with van der Waals surface area (Å²) in [7, 11) is 0. The minimum atomic E-state index is -0.207. The number of hydrogen-bond acceptors (Lipinski definition) is 10. The number of nitrogens with one attached hydrogen (secondary N) is 1. The van der Waals surface area contributed by atoms with Gasteiger partial charge in [0.1, 0.15) is 5.82 Å². The summed E-state index contributed by atoms with van der Waals surface area (Å²) in [5.41, 5.74) is 11.1. The van der Waals surface area contributed by atoms with Crippen LogP contribution in [0.1, 0.15) is 18.1 Å². The maximum atomic E-state index is 13.7. The lowest BCUT2D eigenvalue weighted by molar-refractivity contribution is 0.122. The number of morpholine rings is 1. The molecule has 2 amide bonds. The van der Waals surface area contributed by atoms with Gasteiger partial charge in [-0.15, -0.1) is 0 Å². The number of fused-ring (bicyclic) bond motifs is 1. The Bertz CT molecular complexity index is 1370. The smallest absolute Gasteiger partial charge is 0.327 e. The number of amides is 2. The van der Waals surface area contributed by atoms with E-state index >= 15 is 0 Å². The van der Waals surface area contributed by atoms with Crippen molar-refractivity contribution in [3.8, 4) is 11.3 Å². The molecular formula is C28H36N10O2. The van der Waals surface area contributed by atoms with E-state index in [0.29, 0.717) is 51.0 Å². The number of ether oxygens (including phenoxy) is 1. The highest BCUT2D eigenvalue weighted by Gasteiger charge is 2.32. The molecule has 0 radical (unpaired) electrons. The van der Waals surface area contributed by atoms with Gasteiger partial charge in [-0.1, -0.05) is 13.0 Å². The van der Waals surface area contributed by atoms with E-state index in [4.69, 9.17) is 20.4 Å². The Morgan fingerprint density at radius 3 is 2.48 bits per heavy atom. The maximum Gasteiger partial charge on any atom is 0.327 e. The van der Waals surface area contributed by atoms with Crippen molar-refractivity contribution in [3.63, 3.8) is 0 Å². The van der Waals surface area contributed by atoms with E-state index in [0.717, 1.165) is 66.5 Å². The van der Waals surface area contributed by atoms with Gasteiger partial charge in [0.15, 0.2) is 0 Å². The summed E-state index contributed by atoms with van der Waals surface area (Å²) in [5.74, 6) is 1.39. The monoisotopic (exact) mass is 544 g/mol. The number of urea groups is 1. The summed E-state index contributed by atoms with van der Waals surface area (Å²) in [6, 6.07) is 6.09. The number of carbonyl (C=O) groups is 1. The fourth-order valence-electron chi connectivity index (χ4n) is 5.49. The van der Waals surface area contributed by atoms with Crippen LogP contribution in [0.3, 0.4) is 0 Å². The second-order valence-electron chi connectivity index (χ2n) is 10.4. The third-order valence-corrected chi connectivity index (χ3v) is 7.95. The minimum absolute atomic E-state index is 0.203. The molecule has 2 aromatic heterocycles. The molecule has 0 aliphatic carbocycles. The molecule has 0 unspecified atom stereocenters. The third kappa shape index (κ3) is 5.24. The molecule has 3 aliphatic heterocycles. The number of anilines is 5. The molecule has 3 N–H and O–H groups in total. The number of aryl methyl sites for hydroxylation is 1. The Balaban J connectivity index is 1.28. The summed E-state index contributed by atoms with van der Waals surface area (Å²) in [4.78, 5) is 40.5. The number of nitrogens with two attached hydrogens (primary N) is 1. The number of rotatable bonds is 5. The molecule has 6 rings (SSSR count). The maximum absolute atomic E-state index is 13.7. The van der Waals surface area contributed by atoms with Crippen LogP contribution in [-0.4, -0.2) is 96.4 Å². The fourth-order valence-corrected chi connectivity index (χ4v) is 5.49. The molecule has 1 aromatic carbocycles. The SMILES string of the molecule is CCN1CCN(c2ccc(C)c(NC(=O)N3CCc4c(-c5cnc(N)nc5)nc(N5CCOCC5)nc43)c2)CC1. The number of aromatic nitrogens is 4. The van der Waals surface area contributed by atoms with Crippen LogP contribution in [0.5, 0.6) is 0 Å². The zero-order valence-electron chi connectivity index (χ0n) is 23.1. The molecule has 2 saturated heterocycles. The van der Waals surface area contributed by atoms with Crippen molar-refractivity contribution in [2.75, 3.05) is 91.3 Å². The van der Waals surface area contributed by atoms with Gasteiger partial charge in [0, 0.05) is 80.7 Å². The third-order valence-electron chi connectivity index (χ3n) is 7.95. The summed E-state index contributed by atoms with van der Waals surface area (Å²) >= 11 is 0. The van der Waals surface area contributed by atoms with Gasteiger partial charge in [0.25, 0.3) is 0 Å². The molecule has 0 atom stereocenters. The number of carbonyl (C=O) groups excluding carboxylic acids is 1. The largest absolute Gasteiger partial charge is 0.378 e. The summed E-state index contributed by atoms with van der Waals surface area (Å²) in [6.07, 6.45) is 3.98. The van der Waals surface area contributed by atoms with Gasteiger partial charge >= 0.3 is 6.03 Å². The predicted octanol–water partition coefficient (Wildman–Crippen LogP) is 2.40. The second-order valence-corrected chi connectivity index (χ2v) is 10.4. The predicted molar refractivity (Wildman–Crippen MR) is 156 cm³/mol. The molecule has 210 valence electrons. The molecule has 5 heterocycles. The lowest BCUT2D eigenvalue weighted by atomic mass is 10.1. The van der Waals surface area contributed by atoms with Gasteiger partial charge in [-0.3, -0.25) is 4.90 Å². The molecular weight excluding hydrogens is 508 g/mol. The van der Waals surface area contributed by atoms with Crippen LogP contribution in [0.25, 0.3) is 11.3 Å². The van der Waals surface area contributed by atoms with Crippen molar-refractivity contribution in [1.82, 2.24) is 24.8 Å². The van der Waals surface area contributed by atoms with E-state index in [2.05, 4.69) is 55.1 Å². The summed E-state index contributed by atoms with van der Waals surface area (Å²) in [5, 5.41) is 3.17. The Morgan fingerprint density at radius 1 is 1.00 bits per heavy atom. The molecule has 3 aliphatic rings. The van der Waals surface area contributed by atoms with Crippen LogP contribution in [0.2, 0.25) is 0 Å². The Labute approximate surface area is 234 Å². The summed E-state index contributed by atoms with van der Waals surface area (Å²) in [6.45, 7) is 12.4. The summed E-state index contributed by atoms with van der Waals surface area (Å²) < 4.78 is 5.53. The van der Waals surface area contributed by atoms with Crippen molar-refractivity contribution in [3.05, 3.63) is 41.7 Å². The van der Waals surface area contributed by atoms with Crippen molar-refractivity contribution in [2.24, 2.45) is 0 Å². The number of piperazine rings is 1. The van der Waals surface area contributed by atoms with Crippen molar-refractivity contribution in [2.45, 2.75) is 20.3 Å². The fraction of sp³-hybridized carbons (Fsp3) is 0.464. The topological polar surface area (TPSA) is 129 Å². The van der Waals surface area contributed by atoms with Gasteiger partial charge in [-0.2, -0.15) is 4.98 Å². The molecule has 3 aromatic rings. The van der Waals surface area contributed by atoms with Gasteiger partial charge in [0.2, 0.25) is 11.9 Å². The highest BCUT2D eigenvalue weighted by atomic mass is 16.5. The first-order chi connectivity index (χ1) is 19.5. The van der Waals surface area contributed by atoms with Gasteiger partial charge in [-0.05, 0) is 37.6 Å². The molecule has 12 heteroatoms. The lowest BCUT2D eigenvalue weighted by Gasteiger charge is -2.35. The van der Waals surface area contributed by atoms with Crippen molar-refractivity contribution < 1.29 is 9.53 Å². The van der Waals surface area contributed by atoms with Crippen molar-refractivity contribution in [1.29, 1.82) is 0 Å². The number of nitrogen functional groups attached to an aromatic ring is 1. The lowest BCUT2D eigenvalue weighted by Crippen LogP contribution is -2.46. The van der Waals surface area contributed by atoms with E-state index in [1.54, 1.807) is 17.3 Å². The number of nitrogens with zero attached hydrogens (tertiary/aromatic N) is 8. The van der Waals surface area contributed by atoms with Crippen LogP contribution in [0.4, 0.5) is 33.9 Å². The van der Waals surface area contributed by atoms with Crippen LogP contribution >= 0.6 is 0 Å². The van der Waals surface area contributed by atoms with Gasteiger partial charge < -0.3 is 30.5 Å². The highest BCUT2D eigenvalue weighted by molar-refractivity contribution is 6.03. The molecule has 0 spiro atoms. The molecule has 0 bridgehead atoms. The normalized spacial score (nSPS) is 17.7. The molecule has 12 nitrogen and oxygen atoms in total. The average Bonchev–Trinajstić information content (AvgIpc) is 3.43. The van der Waals surface area contributed by atoms with Crippen LogP contribution in [0.15, 0.2) is 30.6 Å². The zero-order valence-corrected chi connectivity index (χ0v) is 23.1. The first-order valence-electron chi connectivity index (χ1n) is 14.0. The first kappa shape index (κ1) is 26.2. The van der Waals surface area contributed by atoms with E-state index in [1.165, 1.54) is 0 Å². The molecule has 2 fully saturated rings. The molecule has 40 heavy (non-hydrogen) atoms. The van der Waals surface area contributed by atoms with Gasteiger partial charge in [-0.25, -0.2) is 19.7 Å². The van der Waals surface area contributed by atoms with Crippen LogP contribution < -0.4 is 25.8 Å². The number of likely N-dealkylation sites (N-methyl/N-ethyl adjacent to an activating group) is 1. The highest BCUT2D eigenvalue weighted by Crippen LogP contribution is 2.36. The van der Waals surface area contributed by atoms with E-state index in [9.17, 15) is 4.79 Å². The first-order valence-corrected chi connectivity index (χ1v) is 14.0. The Kier molecular flexibility index (Phi) is 7.35. The second kappa shape index (κ2) is 11.2. The number of hydrogen-bond donors (Lipinski definition) is 2.